The van der Waals surface area contributed by atoms with Gasteiger partial charge in [0.1, 0.15) is 0 Å². The summed E-state index contributed by atoms with van der Waals surface area (Å²) >= 11 is 1.87. The third kappa shape index (κ3) is 5.43. The molecule has 0 radical (unpaired) electrons. The van der Waals surface area contributed by atoms with Gasteiger partial charge in [-0.25, -0.2) is 0 Å². The van der Waals surface area contributed by atoms with Gasteiger partial charge < -0.3 is 9.13 Å². The molecule has 0 aliphatic heterocycles. The number of hydrogen-bond donors (Lipinski definition) is 0. The van der Waals surface area contributed by atoms with Crippen molar-refractivity contribution in [2.24, 2.45) is 0 Å². The quantitative estimate of drug-likeness (QED) is 0.112. The first kappa shape index (κ1) is 36.9. The van der Waals surface area contributed by atoms with Crippen LogP contribution in [0.2, 0.25) is 0 Å². The Morgan fingerprint density at radius 3 is 1.55 bits per heavy atom. The van der Waals surface area contributed by atoms with Crippen LogP contribution in [0.3, 0.4) is 0 Å². The standard InChI is InChI=1S/C60H40N2SSi/c1-4-20-43(21-5-1)64(44-22-6-2-7-23-44,45-24-8-3-9-25-45)46-26-16-19-42(40-46)61-53-32-13-10-27-48(53)50-31-17-34-56(60(50)61)62-54-33-14-11-28-49(54)52-39-41(37-38-55(52)62)47-30-18-36-58-59(47)51-29-12-15-35-57(51)63-58/h1-40H. The first-order chi connectivity index (χ1) is 31.8. The van der Waals surface area contributed by atoms with E-state index in [2.05, 4.69) is 252 Å². The lowest BCUT2D eigenvalue weighted by Gasteiger charge is -2.34. The van der Waals surface area contributed by atoms with E-state index in [4.69, 9.17) is 0 Å². The number of hydrogen-bond acceptors (Lipinski definition) is 1. The Morgan fingerprint density at radius 1 is 0.328 bits per heavy atom. The maximum absolute atomic E-state index is 2.80. The van der Waals surface area contributed by atoms with Crippen molar-refractivity contribution in [3.05, 3.63) is 243 Å². The number of aromatic nitrogens is 2. The topological polar surface area (TPSA) is 9.86 Å². The number of fused-ring (bicyclic) bond motifs is 9. The lowest BCUT2D eigenvalue weighted by Crippen LogP contribution is -2.74. The van der Waals surface area contributed by atoms with Gasteiger partial charge in [0.25, 0.3) is 0 Å². The third-order valence-electron chi connectivity index (χ3n) is 13.5. The molecule has 0 spiro atoms. The Labute approximate surface area is 376 Å². The van der Waals surface area contributed by atoms with Gasteiger partial charge in [-0.15, -0.1) is 11.3 Å². The second-order valence-corrected chi connectivity index (χ2v) is 21.7. The largest absolute Gasteiger partial charge is 0.307 e. The zero-order valence-electron chi connectivity index (χ0n) is 34.9. The summed E-state index contributed by atoms with van der Waals surface area (Å²) in [7, 11) is -2.80. The predicted octanol–water partition coefficient (Wildman–Crippen LogP) is 13.3. The summed E-state index contributed by atoms with van der Waals surface area (Å²) in [5.74, 6) is 0. The smallest absolute Gasteiger partial charge is 0.179 e. The molecule has 3 heterocycles. The lowest BCUT2D eigenvalue weighted by molar-refractivity contribution is 1.13. The average Bonchev–Trinajstić information content (AvgIpc) is 4.03. The van der Waals surface area contributed by atoms with Crippen molar-refractivity contribution in [3.63, 3.8) is 0 Å². The Hall–Kier alpha value is -7.76. The Morgan fingerprint density at radius 2 is 0.844 bits per heavy atom. The molecule has 0 saturated carbocycles. The van der Waals surface area contributed by atoms with Crippen molar-refractivity contribution in [1.29, 1.82) is 0 Å². The molecule has 64 heavy (non-hydrogen) atoms. The molecule has 0 saturated heterocycles. The van der Waals surface area contributed by atoms with Crippen LogP contribution < -0.4 is 20.7 Å². The van der Waals surface area contributed by atoms with Gasteiger partial charge in [0.2, 0.25) is 0 Å². The third-order valence-corrected chi connectivity index (χ3v) is 19.4. The van der Waals surface area contributed by atoms with Crippen LogP contribution in [-0.4, -0.2) is 17.2 Å². The highest BCUT2D eigenvalue weighted by atomic mass is 32.1. The van der Waals surface area contributed by atoms with Gasteiger partial charge in [-0.1, -0.05) is 188 Å². The van der Waals surface area contributed by atoms with E-state index in [0.29, 0.717) is 0 Å². The second kappa shape index (κ2) is 14.7. The highest BCUT2D eigenvalue weighted by Gasteiger charge is 2.41. The zero-order chi connectivity index (χ0) is 42.2. The second-order valence-electron chi connectivity index (χ2n) is 16.8. The molecule has 0 unspecified atom stereocenters. The summed E-state index contributed by atoms with van der Waals surface area (Å²) in [6.45, 7) is 0. The van der Waals surface area contributed by atoms with E-state index in [1.807, 2.05) is 11.3 Å². The normalized spacial score (nSPS) is 12.1. The summed E-state index contributed by atoms with van der Waals surface area (Å²) in [5.41, 5.74) is 9.57. The maximum atomic E-state index is 2.53. The van der Waals surface area contributed by atoms with Gasteiger partial charge in [0, 0.05) is 47.4 Å². The molecule has 0 atom stereocenters. The lowest BCUT2D eigenvalue weighted by atomic mass is 9.98. The van der Waals surface area contributed by atoms with E-state index in [1.165, 1.54) is 95.7 Å². The van der Waals surface area contributed by atoms with Crippen molar-refractivity contribution in [3.8, 4) is 22.5 Å². The average molecular weight is 849 g/mol. The Kier molecular flexibility index (Phi) is 8.45. The first-order valence-electron chi connectivity index (χ1n) is 22.0. The molecule has 13 rings (SSSR count). The molecule has 0 amide bonds. The van der Waals surface area contributed by atoms with Crippen molar-refractivity contribution in [1.82, 2.24) is 9.13 Å². The summed E-state index contributed by atoms with van der Waals surface area (Å²) in [6.07, 6.45) is 0. The van der Waals surface area contributed by atoms with Crippen molar-refractivity contribution in [2.75, 3.05) is 0 Å². The molecule has 0 aliphatic carbocycles. The fourth-order valence-electron chi connectivity index (χ4n) is 10.8. The van der Waals surface area contributed by atoms with Gasteiger partial charge in [-0.2, -0.15) is 0 Å². The van der Waals surface area contributed by atoms with Crippen LogP contribution in [0, 0.1) is 0 Å². The van der Waals surface area contributed by atoms with Gasteiger partial charge in [-0.3, -0.25) is 0 Å². The van der Waals surface area contributed by atoms with Crippen LogP contribution in [0.25, 0.3) is 86.3 Å². The number of para-hydroxylation sites is 3. The summed E-state index contributed by atoms with van der Waals surface area (Å²) in [5, 5.41) is 13.0. The molecule has 10 aromatic carbocycles. The highest BCUT2D eigenvalue weighted by Crippen LogP contribution is 2.43. The van der Waals surface area contributed by atoms with E-state index in [-0.39, 0.29) is 0 Å². The van der Waals surface area contributed by atoms with Gasteiger partial charge in [0.15, 0.2) is 8.07 Å². The molecule has 0 N–H and O–H groups in total. The molecular formula is C60H40N2SSi. The van der Waals surface area contributed by atoms with Crippen LogP contribution in [0.15, 0.2) is 243 Å². The van der Waals surface area contributed by atoms with E-state index < -0.39 is 8.07 Å². The minimum Gasteiger partial charge on any atom is -0.307 e. The predicted molar refractivity (Wildman–Crippen MR) is 277 cm³/mol. The van der Waals surface area contributed by atoms with E-state index in [0.717, 1.165) is 11.4 Å². The minimum absolute atomic E-state index is 1.15. The van der Waals surface area contributed by atoms with Gasteiger partial charge in [-0.05, 0) is 86.5 Å². The molecule has 0 aliphatic rings. The summed E-state index contributed by atoms with van der Waals surface area (Å²) in [4.78, 5) is 0. The SMILES string of the molecule is c1ccc([Si](c2ccccc2)(c2ccccc2)c2cccc(-n3c4ccccc4c4cccc(-n5c6ccccc6c6cc(-c7cccc8sc9ccccc9c78)ccc65)c43)c2)cc1. The Balaban J connectivity index is 1.08. The van der Waals surface area contributed by atoms with Gasteiger partial charge in [0.05, 0.1) is 27.8 Å². The fourth-order valence-corrected chi connectivity index (χ4v) is 16.7. The maximum Gasteiger partial charge on any atom is 0.179 e. The van der Waals surface area contributed by atoms with Crippen LogP contribution in [0.5, 0.6) is 0 Å². The molecule has 2 nitrogen and oxygen atoms in total. The van der Waals surface area contributed by atoms with E-state index in [1.54, 1.807) is 0 Å². The molecule has 0 fully saturated rings. The summed E-state index contributed by atoms with van der Waals surface area (Å²) < 4.78 is 7.68. The van der Waals surface area contributed by atoms with Crippen LogP contribution in [0.4, 0.5) is 0 Å². The number of thiophene rings is 1. The fraction of sp³-hybridized carbons (Fsp3) is 0. The highest BCUT2D eigenvalue weighted by molar-refractivity contribution is 7.26. The van der Waals surface area contributed by atoms with Crippen molar-refractivity contribution >= 4 is 104 Å². The molecule has 4 heteroatoms. The molecule has 13 aromatic rings. The number of nitrogens with zero attached hydrogens (tertiary/aromatic N) is 2. The van der Waals surface area contributed by atoms with Crippen LogP contribution in [-0.2, 0) is 0 Å². The zero-order valence-corrected chi connectivity index (χ0v) is 36.7. The van der Waals surface area contributed by atoms with Crippen molar-refractivity contribution < 1.29 is 0 Å². The number of rotatable bonds is 7. The first-order valence-corrected chi connectivity index (χ1v) is 24.8. The Bertz CT molecular complexity index is 3800. The number of benzene rings is 10. The van der Waals surface area contributed by atoms with E-state index in [9.17, 15) is 0 Å². The minimum atomic E-state index is -2.80. The molecular weight excluding hydrogens is 809 g/mol. The monoisotopic (exact) mass is 848 g/mol. The molecule has 0 bridgehead atoms. The molecule has 3 aromatic heterocycles. The van der Waals surface area contributed by atoms with Gasteiger partial charge >= 0.3 is 0 Å². The summed E-state index contributed by atoms with van der Waals surface area (Å²) in [6, 6.07) is 90.5. The van der Waals surface area contributed by atoms with E-state index >= 15 is 0 Å². The van der Waals surface area contributed by atoms with Crippen molar-refractivity contribution in [2.45, 2.75) is 0 Å². The van der Waals surface area contributed by atoms with Crippen LogP contribution in [0.1, 0.15) is 0 Å². The van der Waals surface area contributed by atoms with Crippen LogP contribution >= 0.6 is 11.3 Å². The molecule has 300 valence electrons.